The maximum atomic E-state index is 12.4. The number of nitrogens with one attached hydrogen (secondary N) is 1. The van der Waals surface area contributed by atoms with E-state index in [0.29, 0.717) is 30.2 Å². The number of rotatable bonds is 4. The number of amides is 1. The Morgan fingerprint density at radius 1 is 1.04 bits per heavy atom. The lowest BCUT2D eigenvalue weighted by molar-refractivity contribution is 0.0657. The SMILES string of the molecule is CC(=O)c1cccc(Nc2ccc(C(=O)N3CCN(C)CC3)nn2)c1. The average Bonchev–Trinajstić information content (AvgIpc) is 2.63. The highest BCUT2D eigenvalue weighted by Crippen LogP contribution is 2.16. The number of Topliss-reactive ketones (excluding diaryl/α,β-unsaturated/α-hetero) is 1. The molecule has 1 saturated heterocycles. The quantitative estimate of drug-likeness (QED) is 0.856. The molecule has 0 aliphatic carbocycles. The summed E-state index contributed by atoms with van der Waals surface area (Å²) >= 11 is 0. The summed E-state index contributed by atoms with van der Waals surface area (Å²) in [5.74, 6) is 0.434. The van der Waals surface area contributed by atoms with Crippen molar-refractivity contribution in [3.63, 3.8) is 0 Å². The van der Waals surface area contributed by atoms with Gasteiger partial charge in [0.1, 0.15) is 0 Å². The van der Waals surface area contributed by atoms with Gasteiger partial charge >= 0.3 is 0 Å². The van der Waals surface area contributed by atoms with Crippen molar-refractivity contribution in [3.8, 4) is 0 Å². The van der Waals surface area contributed by atoms with Gasteiger partial charge in [0.05, 0.1) is 0 Å². The molecule has 7 nitrogen and oxygen atoms in total. The zero-order valence-electron chi connectivity index (χ0n) is 14.4. The molecule has 0 atom stereocenters. The second kappa shape index (κ2) is 7.40. The van der Waals surface area contributed by atoms with Crippen LogP contribution in [0.2, 0.25) is 0 Å². The average molecular weight is 339 g/mol. The maximum Gasteiger partial charge on any atom is 0.274 e. The molecule has 1 aromatic carbocycles. The van der Waals surface area contributed by atoms with Gasteiger partial charge in [-0.25, -0.2) is 0 Å². The van der Waals surface area contributed by atoms with Gasteiger partial charge in [0, 0.05) is 37.4 Å². The molecule has 130 valence electrons. The molecule has 0 radical (unpaired) electrons. The highest BCUT2D eigenvalue weighted by atomic mass is 16.2. The van der Waals surface area contributed by atoms with Crippen molar-refractivity contribution in [2.75, 3.05) is 38.5 Å². The minimum atomic E-state index is -0.0919. The van der Waals surface area contributed by atoms with Gasteiger partial charge < -0.3 is 15.1 Å². The van der Waals surface area contributed by atoms with Gasteiger partial charge in [-0.15, -0.1) is 10.2 Å². The third-order valence-corrected chi connectivity index (χ3v) is 4.22. The van der Waals surface area contributed by atoms with E-state index in [1.165, 1.54) is 6.92 Å². The minimum Gasteiger partial charge on any atom is -0.339 e. The van der Waals surface area contributed by atoms with Gasteiger partial charge in [-0.1, -0.05) is 12.1 Å². The zero-order valence-corrected chi connectivity index (χ0v) is 14.4. The van der Waals surface area contributed by atoms with Crippen molar-refractivity contribution < 1.29 is 9.59 Å². The zero-order chi connectivity index (χ0) is 17.8. The number of nitrogens with zero attached hydrogens (tertiary/aromatic N) is 4. The molecular weight excluding hydrogens is 318 g/mol. The van der Waals surface area contributed by atoms with Gasteiger partial charge in [-0.3, -0.25) is 9.59 Å². The number of carbonyl (C=O) groups excluding carboxylic acids is 2. The van der Waals surface area contributed by atoms with E-state index in [9.17, 15) is 9.59 Å². The topological polar surface area (TPSA) is 78.4 Å². The molecule has 1 N–H and O–H groups in total. The molecule has 1 aliphatic rings. The van der Waals surface area contributed by atoms with E-state index in [1.807, 2.05) is 13.1 Å². The van der Waals surface area contributed by atoms with Crippen LogP contribution in [0.4, 0.5) is 11.5 Å². The lowest BCUT2D eigenvalue weighted by Crippen LogP contribution is -2.47. The number of likely N-dealkylation sites (N-methyl/N-ethyl adjacent to an activating group) is 1. The predicted molar refractivity (Wildman–Crippen MR) is 95.2 cm³/mol. The van der Waals surface area contributed by atoms with Crippen LogP contribution in [0.5, 0.6) is 0 Å². The highest BCUT2D eigenvalue weighted by molar-refractivity contribution is 5.95. The molecule has 2 aromatic rings. The summed E-state index contributed by atoms with van der Waals surface area (Å²) in [7, 11) is 2.04. The Hall–Kier alpha value is -2.80. The number of hydrogen-bond acceptors (Lipinski definition) is 6. The fraction of sp³-hybridized carbons (Fsp3) is 0.333. The minimum absolute atomic E-state index is 0.00264. The van der Waals surface area contributed by atoms with Gasteiger partial charge in [0.25, 0.3) is 5.91 Å². The maximum absolute atomic E-state index is 12.4. The van der Waals surface area contributed by atoms with Crippen LogP contribution >= 0.6 is 0 Å². The lowest BCUT2D eigenvalue weighted by Gasteiger charge is -2.32. The van der Waals surface area contributed by atoms with Crippen molar-refractivity contribution in [3.05, 3.63) is 47.7 Å². The third-order valence-electron chi connectivity index (χ3n) is 4.22. The molecule has 7 heteroatoms. The first-order valence-electron chi connectivity index (χ1n) is 8.22. The predicted octanol–water partition coefficient (Wildman–Crippen LogP) is 1.81. The molecular formula is C18H21N5O2. The molecule has 1 fully saturated rings. The molecule has 0 spiro atoms. The summed E-state index contributed by atoms with van der Waals surface area (Å²) in [5.41, 5.74) is 1.72. The number of aromatic nitrogens is 2. The smallest absolute Gasteiger partial charge is 0.274 e. The summed E-state index contributed by atoms with van der Waals surface area (Å²) in [6.45, 7) is 4.66. The van der Waals surface area contributed by atoms with Crippen molar-refractivity contribution >= 4 is 23.2 Å². The molecule has 25 heavy (non-hydrogen) atoms. The van der Waals surface area contributed by atoms with E-state index in [1.54, 1.807) is 35.2 Å². The lowest BCUT2D eigenvalue weighted by atomic mass is 10.1. The number of ketones is 1. The van der Waals surface area contributed by atoms with Crippen LogP contribution in [-0.4, -0.2) is 64.9 Å². The third kappa shape index (κ3) is 4.19. The summed E-state index contributed by atoms with van der Waals surface area (Å²) < 4.78 is 0. The van der Waals surface area contributed by atoms with Crippen LogP contribution in [-0.2, 0) is 0 Å². The summed E-state index contributed by atoms with van der Waals surface area (Å²) in [4.78, 5) is 27.9. The normalized spacial score (nSPS) is 15.0. The second-order valence-corrected chi connectivity index (χ2v) is 6.16. The van der Waals surface area contributed by atoms with Gasteiger partial charge in [-0.05, 0) is 38.2 Å². The van der Waals surface area contributed by atoms with Gasteiger partial charge in [0.15, 0.2) is 17.3 Å². The second-order valence-electron chi connectivity index (χ2n) is 6.16. The Morgan fingerprint density at radius 3 is 2.44 bits per heavy atom. The standard InChI is InChI=1S/C18H21N5O2/c1-13(24)14-4-3-5-15(12-14)19-17-7-6-16(20-21-17)18(25)23-10-8-22(2)9-11-23/h3-7,12H,8-11H2,1-2H3,(H,19,21). The molecule has 0 unspecified atom stereocenters. The monoisotopic (exact) mass is 339 g/mol. The van der Waals surface area contributed by atoms with E-state index in [2.05, 4.69) is 20.4 Å². The van der Waals surface area contributed by atoms with Gasteiger partial charge in [0.2, 0.25) is 0 Å². The van der Waals surface area contributed by atoms with Crippen LogP contribution in [0, 0.1) is 0 Å². The van der Waals surface area contributed by atoms with Crippen molar-refractivity contribution in [1.82, 2.24) is 20.0 Å². The van der Waals surface area contributed by atoms with Crippen LogP contribution in [0.15, 0.2) is 36.4 Å². The highest BCUT2D eigenvalue weighted by Gasteiger charge is 2.21. The fourth-order valence-electron chi connectivity index (χ4n) is 2.65. The number of hydrogen-bond donors (Lipinski definition) is 1. The largest absolute Gasteiger partial charge is 0.339 e. The molecule has 1 aliphatic heterocycles. The Balaban J connectivity index is 1.67. The van der Waals surface area contributed by atoms with E-state index in [0.717, 1.165) is 18.8 Å². The van der Waals surface area contributed by atoms with E-state index in [-0.39, 0.29) is 11.7 Å². The summed E-state index contributed by atoms with van der Waals surface area (Å²) in [5, 5.41) is 11.2. The van der Waals surface area contributed by atoms with Gasteiger partial charge in [-0.2, -0.15) is 0 Å². The first-order valence-corrected chi connectivity index (χ1v) is 8.22. The summed E-state index contributed by atoms with van der Waals surface area (Å²) in [6.07, 6.45) is 0. The van der Waals surface area contributed by atoms with Crippen LogP contribution in [0.1, 0.15) is 27.8 Å². The van der Waals surface area contributed by atoms with E-state index < -0.39 is 0 Å². The van der Waals surface area contributed by atoms with Crippen LogP contribution in [0.3, 0.4) is 0 Å². The Morgan fingerprint density at radius 2 is 1.80 bits per heavy atom. The molecule has 0 bridgehead atoms. The van der Waals surface area contributed by atoms with Crippen molar-refractivity contribution in [2.45, 2.75) is 6.92 Å². The Labute approximate surface area is 146 Å². The fourth-order valence-corrected chi connectivity index (χ4v) is 2.65. The molecule has 2 heterocycles. The van der Waals surface area contributed by atoms with Crippen molar-refractivity contribution in [1.29, 1.82) is 0 Å². The van der Waals surface area contributed by atoms with Crippen molar-refractivity contribution in [2.24, 2.45) is 0 Å². The summed E-state index contributed by atoms with van der Waals surface area (Å²) in [6, 6.07) is 10.6. The van der Waals surface area contributed by atoms with Crippen LogP contribution in [0.25, 0.3) is 0 Å². The van der Waals surface area contributed by atoms with Crippen LogP contribution < -0.4 is 5.32 Å². The Bertz CT molecular complexity index is 767. The van der Waals surface area contributed by atoms with E-state index in [4.69, 9.17) is 0 Å². The number of piperazine rings is 1. The number of benzene rings is 1. The first kappa shape index (κ1) is 17.0. The Kier molecular flexibility index (Phi) is 5.04. The number of anilines is 2. The molecule has 1 amide bonds. The number of carbonyl (C=O) groups is 2. The molecule has 0 saturated carbocycles. The van der Waals surface area contributed by atoms with E-state index >= 15 is 0 Å². The first-order chi connectivity index (χ1) is 12.0. The molecule has 3 rings (SSSR count). The molecule has 1 aromatic heterocycles.